The number of rotatable bonds is 2. The lowest BCUT2D eigenvalue weighted by atomic mass is 9.84. The molecule has 0 amide bonds. The van der Waals surface area contributed by atoms with Crippen molar-refractivity contribution in [2.45, 2.75) is 32.1 Å². The van der Waals surface area contributed by atoms with E-state index in [2.05, 4.69) is 9.97 Å². The molecule has 0 radical (unpaired) electrons. The first-order chi connectivity index (χ1) is 6.88. The summed E-state index contributed by atoms with van der Waals surface area (Å²) in [5.41, 5.74) is 0.666. The third-order valence-electron chi connectivity index (χ3n) is 2.82. The molecule has 1 fully saturated rings. The number of nitrogens with zero attached hydrogens (tertiary/aromatic N) is 2. The van der Waals surface area contributed by atoms with Gasteiger partial charge in [0.15, 0.2) is 5.78 Å². The molecule has 1 saturated carbocycles. The number of hydrogen-bond acceptors (Lipinski definition) is 3. The van der Waals surface area contributed by atoms with Crippen LogP contribution in [-0.4, -0.2) is 15.8 Å². The summed E-state index contributed by atoms with van der Waals surface area (Å²) in [7, 11) is 0. The standard InChI is InChI=1S/C11H14N2O/c14-11(9-4-2-1-3-5-9)10-6-12-8-13-7-10/h6-9H,1-5H2. The Bertz CT molecular complexity index is 304. The molecule has 74 valence electrons. The van der Waals surface area contributed by atoms with E-state index in [0.717, 1.165) is 12.8 Å². The highest BCUT2D eigenvalue weighted by Gasteiger charge is 2.22. The van der Waals surface area contributed by atoms with E-state index in [1.54, 1.807) is 12.4 Å². The highest BCUT2D eigenvalue weighted by molar-refractivity contribution is 5.97. The lowest BCUT2D eigenvalue weighted by Gasteiger charge is -2.19. The summed E-state index contributed by atoms with van der Waals surface area (Å²) in [5.74, 6) is 0.444. The van der Waals surface area contributed by atoms with Crippen molar-refractivity contribution in [1.82, 2.24) is 9.97 Å². The second-order valence-electron chi connectivity index (χ2n) is 3.83. The van der Waals surface area contributed by atoms with Crippen molar-refractivity contribution < 1.29 is 4.79 Å². The van der Waals surface area contributed by atoms with Crippen LogP contribution in [0.2, 0.25) is 0 Å². The highest BCUT2D eigenvalue weighted by atomic mass is 16.1. The van der Waals surface area contributed by atoms with Crippen LogP contribution in [0.15, 0.2) is 18.7 Å². The van der Waals surface area contributed by atoms with Crippen LogP contribution in [0.3, 0.4) is 0 Å². The van der Waals surface area contributed by atoms with E-state index in [0.29, 0.717) is 5.56 Å². The van der Waals surface area contributed by atoms with Gasteiger partial charge in [0.25, 0.3) is 0 Å². The van der Waals surface area contributed by atoms with Gasteiger partial charge in [-0.1, -0.05) is 19.3 Å². The van der Waals surface area contributed by atoms with Gasteiger partial charge in [-0.05, 0) is 12.8 Å². The predicted molar refractivity (Wildman–Crippen MR) is 52.9 cm³/mol. The van der Waals surface area contributed by atoms with Crippen molar-refractivity contribution in [1.29, 1.82) is 0 Å². The van der Waals surface area contributed by atoms with Crippen LogP contribution >= 0.6 is 0 Å². The zero-order chi connectivity index (χ0) is 9.80. The lowest BCUT2D eigenvalue weighted by Crippen LogP contribution is -2.18. The molecule has 0 aromatic carbocycles. The van der Waals surface area contributed by atoms with Crippen LogP contribution in [-0.2, 0) is 0 Å². The van der Waals surface area contributed by atoms with Crippen molar-refractivity contribution in [3.05, 3.63) is 24.3 Å². The molecule has 0 saturated heterocycles. The predicted octanol–water partition coefficient (Wildman–Crippen LogP) is 2.24. The van der Waals surface area contributed by atoms with Crippen LogP contribution < -0.4 is 0 Å². The number of ketones is 1. The summed E-state index contributed by atoms with van der Waals surface area (Å²) in [6, 6.07) is 0. The Hall–Kier alpha value is -1.25. The Kier molecular flexibility index (Phi) is 2.87. The van der Waals surface area contributed by atoms with E-state index in [-0.39, 0.29) is 11.7 Å². The molecule has 1 aromatic heterocycles. The first-order valence-corrected chi connectivity index (χ1v) is 5.17. The molecule has 0 N–H and O–H groups in total. The van der Waals surface area contributed by atoms with Crippen molar-refractivity contribution in [3.63, 3.8) is 0 Å². The molecule has 3 heteroatoms. The number of hydrogen-bond donors (Lipinski definition) is 0. The molecule has 14 heavy (non-hydrogen) atoms. The number of Topliss-reactive ketones (excluding diaryl/α,β-unsaturated/α-hetero) is 1. The fraction of sp³-hybridized carbons (Fsp3) is 0.545. The van der Waals surface area contributed by atoms with Gasteiger partial charge in [-0.3, -0.25) is 4.79 Å². The molecule has 0 unspecified atom stereocenters. The molecular weight excluding hydrogens is 176 g/mol. The maximum Gasteiger partial charge on any atom is 0.169 e. The summed E-state index contributed by atoms with van der Waals surface area (Å²) >= 11 is 0. The lowest BCUT2D eigenvalue weighted by molar-refractivity contribution is 0.0889. The summed E-state index contributed by atoms with van der Waals surface area (Å²) in [5, 5.41) is 0. The van der Waals surface area contributed by atoms with Gasteiger partial charge in [0.05, 0.1) is 5.56 Å². The Morgan fingerprint density at radius 3 is 2.43 bits per heavy atom. The smallest absolute Gasteiger partial charge is 0.169 e. The fourth-order valence-electron chi connectivity index (χ4n) is 2.03. The topological polar surface area (TPSA) is 42.9 Å². The average Bonchev–Trinajstić information content (AvgIpc) is 2.30. The summed E-state index contributed by atoms with van der Waals surface area (Å²) in [6.45, 7) is 0. The van der Waals surface area contributed by atoms with Gasteiger partial charge < -0.3 is 0 Å². The largest absolute Gasteiger partial charge is 0.294 e. The molecule has 0 bridgehead atoms. The summed E-state index contributed by atoms with van der Waals surface area (Å²) < 4.78 is 0. The van der Waals surface area contributed by atoms with Gasteiger partial charge in [0.2, 0.25) is 0 Å². The third kappa shape index (κ3) is 1.97. The fourth-order valence-corrected chi connectivity index (χ4v) is 2.03. The van der Waals surface area contributed by atoms with Crippen molar-refractivity contribution in [2.24, 2.45) is 5.92 Å². The van der Waals surface area contributed by atoms with Crippen LogP contribution in [0.5, 0.6) is 0 Å². The maximum absolute atomic E-state index is 11.9. The van der Waals surface area contributed by atoms with E-state index >= 15 is 0 Å². The first kappa shape index (κ1) is 9.31. The third-order valence-corrected chi connectivity index (χ3v) is 2.82. The monoisotopic (exact) mass is 190 g/mol. The molecule has 0 spiro atoms. The SMILES string of the molecule is O=C(c1cncnc1)C1CCCCC1. The molecule has 1 aliphatic rings. The maximum atomic E-state index is 11.9. The van der Waals surface area contributed by atoms with Crippen LogP contribution in [0.4, 0.5) is 0 Å². The van der Waals surface area contributed by atoms with Gasteiger partial charge >= 0.3 is 0 Å². The van der Waals surface area contributed by atoms with Gasteiger partial charge in [-0.25, -0.2) is 9.97 Å². The van der Waals surface area contributed by atoms with Gasteiger partial charge in [0.1, 0.15) is 6.33 Å². The van der Waals surface area contributed by atoms with E-state index in [4.69, 9.17) is 0 Å². The molecule has 1 heterocycles. The van der Waals surface area contributed by atoms with E-state index in [9.17, 15) is 4.79 Å². The van der Waals surface area contributed by atoms with Gasteiger partial charge in [0, 0.05) is 18.3 Å². The minimum absolute atomic E-state index is 0.217. The molecule has 1 aromatic rings. The van der Waals surface area contributed by atoms with Crippen molar-refractivity contribution in [3.8, 4) is 0 Å². The molecular formula is C11H14N2O. The van der Waals surface area contributed by atoms with Crippen molar-refractivity contribution in [2.75, 3.05) is 0 Å². The van der Waals surface area contributed by atoms with Crippen molar-refractivity contribution >= 4 is 5.78 Å². The van der Waals surface area contributed by atoms with E-state index in [1.165, 1.54) is 25.6 Å². The Balaban J connectivity index is 2.07. The van der Waals surface area contributed by atoms with Gasteiger partial charge in [-0.15, -0.1) is 0 Å². The number of aromatic nitrogens is 2. The molecule has 0 atom stereocenters. The van der Waals surface area contributed by atoms with Crippen LogP contribution in [0.1, 0.15) is 42.5 Å². The first-order valence-electron chi connectivity index (χ1n) is 5.17. The summed E-state index contributed by atoms with van der Waals surface area (Å²) in [6.07, 6.45) is 10.4. The molecule has 1 aliphatic carbocycles. The second-order valence-corrected chi connectivity index (χ2v) is 3.83. The second kappa shape index (κ2) is 4.31. The van der Waals surface area contributed by atoms with E-state index < -0.39 is 0 Å². The van der Waals surface area contributed by atoms with Crippen LogP contribution in [0.25, 0.3) is 0 Å². The van der Waals surface area contributed by atoms with E-state index in [1.807, 2.05) is 0 Å². The quantitative estimate of drug-likeness (QED) is 0.672. The highest BCUT2D eigenvalue weighted by Crippen LogP contribution is 2.26. The Morgan fingerprint density at radius 2 is 1.79 bits per heavy atom. The van der Waals surface area contributed by atoms with Gasteiger partial charge in [-0.2, -0.15) is 0 Å². The molecule has 3 nitrogen and oxygen atoms in total. The molecule has 2 rings (SSSR count). The Labute approximate surface area is 83.6 Å². The minimum Gasteiger partial charge on any atom is -0.294 e. The number of carbonyl (C=O) groups excluding carboxylic acids is 1. The Morgan fingerprint density at radius 1 is 1.14 bits per heavy atom. The minimum atomic E-state index is 0.217. The van der Waals surface area contributed by atoms with Crippen LogP contribution in [0, 0.1) is 5.92 Å². The number of carbonyl (C=O) groups is 1. The normalized spacial score (nSPS) is 18.0. The zero-order valence-corrected chi connectivity index (χ0v) is 8.15. The average molecular weight is 190 g/mol. The molecule has 0 aliphatic heterocycles. The summed E-state index contributed by atoms with van der Waals surface area (Å²) in [4.78, 5) is 19.7. The zero-order valence-electron chi connectivity index (χ0n) is 8.15.